The van der Waals surface area contributed by atoms with Gasteiger partial charge in [-0.15, -0.1) is 0 Å². The number of hydrogen-bond acceptors (Lipinski definition) is 4. The van der Waals surface area contributed by atoms with Crippen molar-refractivity contribution in [2.45, 2.75) is 18.8 Å². The van der Waals surface area contributed by atoms with Gasteiger partial charge in [-0.3, -0.25) is 0 Å². The van der Waals surface area contributed by atoms with Gasteiger partial charge in [-0.25, -0.2) is 9.97 Å². The molecule has 3 rings (SSSR count). The lowest BCUT2D eigenvalue weighted by atomic mass is 10.2. The van der Waals surface area contributed by atoms with Gasteiger partial charge in [0.1, 0.15) is 16.2 Å². The van der Waals surface area contributed by atoms with E-state index in [4.69, 9.17) is 0 Å². The fourth-order valence-electron chi connectivity index (χ4n) is 2.01. The molecule has 0 unspecified atom stereocenters. The number of anilines is 3. The Morgan fingerprint density at radius 1 is 1.15 bits per heavy atom. The standard InChI is InChI=1S/C15H17BrN4/c1-20(2)12-7-5-11(6-8-12)17-14-9-13(16)18-15(19-14)10-3-4-10/h5-10H,3-4H2,1-2H3,(H,17,18,19). The van der Waals surface area contributed by atoms with Crippen LogP contribution in [0.25, 0.3) is 0 Å². The van der Waals surface area contributed by atoms with Gasteiger partial charge in [0.15, 0.2) is 0 Å². The van der Waals surface area contributed by atoms with Crippen molar-refractivity contribution >= 4 is 33.1 Å². The van der Waals surface area contributed by atoms with Gasteiger partial charge in [-0.1, -0.05) is 0 Å². The number of nitrogens with zero attached hydrogens (tertiary/aromatic N) is 3. The molecule has 1 fully saturated rings. The number of rotatable bonds is 4. The van der Waals surface area contributed by atoms with Gasteiger partial charge in [0.25, 0.3) is 0 Å². The van der Waals surface area contributed by atoms with Gasteiger partial charge in [-0.05, 0) is 53.0 Å². The van der Waals surface area contributed by atoms with Crippen molar-refractivity contribution in [3.8, 4) is 0 Å². The normalized spacial score (nSPS) is 14.2. The summed E-state index contributed by atoms with van der Waals surface area (Å²) in [5.74, 6) is 2.32. The van der Waals surface area contributed by atoms with E-state index in [-0.39, 0.29) is 0 Å². The third-order valence-electron chi connectivity index (χ3n) is 3.31. The van der Waals surface area contributed by atoms with Crippen LogP contribution in [0.1, 0.15) is 24.6 Å². The maximum atomic E-state index is 4.59. The summed E-state index contributed by atoms with van der Waals surface area (Å²) in [6.07, 6.45) is 2.40. The third kappa shape index (κ3) is 3.10. The second-order valence-corrected chi connectivity index (χ2v) is 6.09. The van der Waals surface area contributed by atoms with Crippen LogP contribution in [-0.4, -0.2) is 24.1 Å². The van der Waals surface area contributed by atoms with Crippen LogP contribution < -0.4 is 10.2 Å². The van der Waals surface area contributed by atoms with E-state index in [2.05, 4.69) is 60.4 Å². The van der Waals surface area contributed by atoms with Crippen LogP contribution in [-0.2, 0) is 0 Å². The maximum absolute atomic E-state index is 4.59. The molecule has 0 bridgehead atoms. The molecule has 0 saturated heterocycles. The molecule has 5 heteroatoms. The van der Waals surface area contributed by atoms with Crippen molar-refractivity contribution < 1.29 is 0 Å². The molecule has 0 radical (unpaired) electrons. The molecule has 1 heterocycles. The first-order chi connectivity index (χ1) is 9.61. The van der Waals surface area contributed by atoms with Crippen molar-refractivity contribution in [1.29, 1.82) is 0 Å². The summed E-state index contributed by atoms with van der Waals surface area (Å²) in [6.45, 7) is 0. The van der Waals surface area contributed by atoms with Gasteiger partial charge in [0, 0.05) is 37.5 Å². The Hall–Kier alpha value is -1.62. The molecule has 1 aromatic heterocycles. The van der Waals surface area contributed by atoms with Gasteiger partial charge < -0.3 is 10.2 Å². The lowest BCUT2D eigenvalue weighted by Crippen LogP contribution is -2.08. The minimum Gasteiger partial charge on any atom is -0.378 e. The predicted octanol–water partition coefficient (Wildman–Crippen LogP) is 3.93. The van der Waals surface area contributed by atoms with E-state index in [1.54, 1.807) is 0 Å². The highest BCUT2D eigenvalue weighted by Gasteiger charge is 2.27. The van der Waals surface area contributed by atoms with Gasteiger partial charge in [0.2, 0.25) is 0 Å². The average molecular weight is 333 g/mol. The van der Waals surface area contributed by atoms with Crippen molar-refractivity contribution in [2.24, 2.45) is 0 Å². The van der Waals surface area contributed by atoms with Crippen LogP contribution in [0.15, 0.2) is 34.9 Å². The zero-order chi connectivity index (χ0) is 14.1. The molecule has 0 amide bonds. The van der Waals surface area contributed by atoms with Gasteiger partial charge in [0.05, 0.1) is 0 Å². The van der Waals surface area contributed by atoms with Crippen molar-refractivity contribution in [3.63, 3.8) is 0 Å². The largest absolute Gasteiger partial charge is 0.378 e. The van der Waals surface area contributed by atoms with E-state index < -0.39 is 0 Å². The van der Waals surface area contributed by atoms with E-state index in [0.717, 1.165) is 21.9 Å². The molecule has 1 aliphatic rings. The molecule has 104 valence electrons. The van der Waals surface area contributed by atoms with Crippen LogP contribution in [0.5, 0.6) is 0 Å². The van der Waals surface area contributed by atoms with E-state index in [0.29, 0.717) is 5.92 Å². The topological polar surface area (TPSA) is 41.0 Å². The van der Waals surface area contributed by atoms with Crippen LogP contribution in [0.3, 0.4) is 0 Å². The Morgan fingerprint density at radius 2 is 1.85 bits per heavy atom. The Morgan fingerprint density at radius 3 is 2.45 bits per heavy atom. The predicted molar refractivity (Wildman–Crippen MR) is 85.8 cm³/mol. The molecule has 0 atom stereocenters. The molecule has 0 spiro atoms. The monoisotopic (exact) mass is 332 g/mol. The molecule has 2 aromatic rings. The van der Waals surface area contributed by atoms with Crippen molar-refractivity contribution in [1.82, 2.24) is 9.97 Å². The lowest BCUT2D eigenvalue weighted by Gasteiger charge is -2.13. The van der Waals surface area contributed by atoms with Crippen LogP contribution >= 0.6 is 15.9 Å². The number of hydrogen-bond donors (Lipinski definition) is 1. The van der Waals surface area contributed by atoms with E-state index in [1.807, 2.05) is 20.2 Å². The van der Waals surface area contributed by atoms with Crippen molar-refractivity contribution in [3.05, 3.63) is 40.8 Å². The molecule has 1 aliphatic carbocycles. The quantitative estimate of drug-likeness (QED) is 0.861. The second kappa shape index (κ2) is 5.40. The highest BCUT2D eigenvalue weighted by atomic mass is 79.9. The average Bonchev–Trinajstić information content (AvgIpc) is 3.23. The first kappa shape index (κ1) is 13.4. The van der Waals surface area contributed by atoms with Crippen molar-refractivity contribution in [2.75, 3.05) is 24.3 Å². The molecule has 1 aromatic carbocycles. The highest BCUT2D eigenvalue weighted by molar-refractivity contribution is 9.10. The zero-order valence-corrected chi connectivity index (χ0v) is 13.2. The molecule has 4 nitrogen and oxygen atoms in total. The molecule has 0 aliphatic heterocycles. The summed E-state index contributed by atoms with van der Waals surface area (Å²) in [5.41, 5.74) is 2.21. The number of aromatic nitrogens is 2. The van der Waals surface area contributed by atoms with Crippen LogP contribution in [0, 0.1) is 0 Å². The summed E-state index contributed by atoms with van der Waals surface area (Å²) in [6, 6.07) is 10.2. The molecular formula is C15H17BrN4. The van der Waals surface area contributed by atoms with Gasteiger partial charge >= 0.3 is 0 Å². The summed E-state index contributed by atoms with van der Waals surface area (Å²) < 4.78 is 0.835. The third-order valence-corrected chi connectivity index (χ3v) is 3.72. The summed E-state index contributed by atoms with van der Waals surface area (Å²) in [4.78, 5) is 11.1. The van der Waals surface area contributed by atoms with E-state index in [1.165, 1.54) is 18.5 Å². The lowest BCUT2D eigenvalue weighted by molar-refractivity contribution is 0.919. The molecule has 20 heavy (non-hydrogen) atoms. The zero-order valence-electron chi connectivity index (χ0n) is 11.6. The summed E-state index contributed by atoms with van der Waals surface area (Å²) >= 11 is 3.46. The summed E-state index contributed by atoms with van der Waals surface area (Å²) in [7, 11) is 4.07. The highest BCUT2D eigenvalue weighted by Crippen LogP contribution is 2.39. The minimum absolute atomic E-state index is 0.546. The van der Waals surface area contributed by atoms with Crippen LogP contribution in [0.4, 0.5) is 17.2 Å². The minimum atomic E-state index is 0.546. The number of halogens is 1. The SMILES string of the molecule is CN(C)c1ccc(Nc2cc(Br)nc(C3CC3)n2)cc1. The Balaban J connectivity index is 1.79. The van der Waals surface area contributed by atoms with E-state index >= 15 is 0 Å². The molecule has 1 saturated carbocycles. The fourth-order valence-corrected chi connectivity index (χ4v) is 2.41. The first-order valence-electron chi connectivity index (χ1n) is 6.71. The fraction of sp³-hybridized carbons (Fsp3) is 0.333. The Bertz CT molecular complexity index is 606. The van der Waals surface area contributed by atoms with Gasteiger partial charge in [-0.2, -0.15) is 0 Å². The molecular weight excluding hydrogens is 316 g/mol. The maximum Gasteiger partial charge on any atom is 0.135 e. The molecule has 1 N–H and O–H groups in total. The first-order valence-corrected chi connectivity index (χ1v) is 7.50. The smallest absolute Gasteiger partial charge is 0.135 e. The second-order valence-electron chi connectivity index (χ2n) is 5.27. The van der Waals surface area contributed by atoms with Crippen LogP contribution in [0.2, 0.25) is 0 Å². The Kier molecular flexibility index (Phi) is 3.61. The number of benzene rings is 1. The Labute approximate surface area is 127 Å². The number of nitrogens with one attached hydrogen (secondary N) is 1. The van der Waals surface area contributed by atoms with E-state index in [9.17, 15) is 0 Å². The summed E-state index contributed by atoms with van der Waals surface area (Å²) in [5, 5.41) is 3.33.